The third-order valence-corrected chi connectivity index (χ3v) is 3.48. The van der Waals surface area contributed by atoms with E-state index < -0.39 is 6.10 Å². The van der Waals surface area contributed by atoms with Crippen molar-refractivity contribution in [2.24, 2.45) is 0 Å². The van der Waals surface area contributed by atoms with Gasteiger partial charge < -0.3 is 19.5 Å². The molecule has 1 aliphatic rings. The van der Waals surface area contributed by atoms with Crippen molar-refractivity contribution >= 4 is 5.97 Å². The van der Waals surface area contributed by atoms with Crippen molar-refractivity contribution < 1.29 is 19.4 Å². The van der Waals surface area contributed by atoms with Gasteiger partial charge in [0.05, 0.1) is 12.2 Å². The van der Waals surface area contributed by atoms with Gasteiger partial charge in [0.25, 0.3) is 0 Å². The molecule has 1 aromatic carbocycles. The van der Waals surface area contributed by atoms with E-state index in [1.54, 1.807) is 31.2 Å². The Morgan fingerprint density at radius 1 is 1.29 bits per heavy atom. The van der Waals surface area contributed by atoms with Gasteiger partial charge in [-0.15, -0.1) is 0 Å². The number of aliphatic hydroxyl groups excluding tert-OH is 1. The fraction of sp³-hybridized carbons (Fsp3) is 0.562. The highest BCUT2D eigenvalue weighted by molar-refractivity contribution is 5.89. The largest absolute Gasteiger partial charge is 0.491 e. The van der Waals surface area contributed by atoms with Crippen LogP contribution < -0.4 is 4.74 Å². The molecule has 0 radical (unpaired) electrons. The molecule has 0 bridgehead atoms. The molecule has 5 heteroatoms. The molecule has 21 heavy (non-hydrogen) atoms. The summed E-state index contributed by atoms with van der Waals surface area (Å²) in [4.78, 5) is 13.8. The van der Waals surface area contributed by atoms with Crippen LogP contribution in [-0.2, 0) is 4.74 Å². The number of aliphatic hydroxyl groups is 1. The Morgan fingerprint density at radius 2 is 1.95 bits per heavy atom. The van der Waals surface area contributed by atoms with Crippen LogP contribution in [0.4, 0.5) is 0 Å². The van der Waals surface area contributed by atoms with Gasteiger partial charge >= 0.3 is 5.97 Å². The molecule has 1 saturated heterocycles. The molecule has 1 aromatic rings. The summed E-state index contributed by atoms with van der Waals surface area (Å²) in [7, 11) is 0. The second-order valence-electron chi connectivity index (χ2n) is 5.22. The summed E-state index contributed by atoms with van der Waals surface area (Å²) < 4.78 is 10.5. The molecule has 5 nitrogen and oxygen atoms in total. The quantitative estimate of drug-likeness (QED) is 0.775. The van der Waals surface area contributed by atoms with Crippen LogP contribution in [0, 0.1) is 0 Å². The van der Waals surface area contributed by atoms with E-state index in [2.05, 4.69) is 4.90 Å². The van der Waals surface area contributed by atoms with Crippen molar-refractivity contribution in [3.8, 4) is 5.75 Å². The van der Waals surface area contributed by atoms with E-state index in [9.17, 15) is 9.90 Å². The molecule has 1 atom stereocenters. The number of ether oxygens (including phenoxy) is 2. The molecule has 0 saturated carbocycles. The van der Waals surface area contributed by atoms with Crippen molar-refractivity contribution in [3.05, 3.63) is 29.8 Å². The average molecular weight is 293 g/mol. The first-order valence-electron chi connectivity index (χ1n) is 7.49. The highest BCUT2D eigenvalue weighted by Gasteiger charge is 2.16. The number of benzene rings is 1. The Morgan fingerprint density at radius 3 is 2.57 bits per heavy atom. The van der Waals surface area contributed by atoms with E-state index in [1.165, 1.54) is 12.8 Å². The van der Waals surface area contributed by atoms with Crippen LogP contribution in [0.3, 0.4) is 0 Å². The van der Waals surface area contributed by atoms with E-state index in [0.29, 0.717) is 24.5 Å². The van der Waals surface area contributed by atoms with E-state index >= 15 is 0 Å². The van der Waals surface area contributed by atoms with Crippen molar-refractivity contribution in [2.75, 3.05) is 32.8 Å². The van der Waals surface area contributed by atoms with Crippen LogP contribution in [0.15, 0.2) is 24.3 Å². The molecular formula is C16H23NO4. The van der Waals surface area contributed by atoms with Crippen LogP contribution >= 0.6 is 0 Å². The Kier molecular flexibility index (Phi) is 6.02. The molecule has 116 valence electrons. The third-order valence-electron chi connectivity index (χ3n) is 3.48. The van der Waals surface area contributed by atoms with Gasteiger partial charge in [-0.1, -0.05) is 0 Å². The fourth-order valence-corrected chi connectivity index (χ4v) is 2.41. The second kappa shape index (κ2) is 8.00. The van der Waals surface area contributed by atoms with Gasteiger partial charge in [-0.25, -0.2) is 4.79 Å². The van der Waals surface area contributed by atoms with Crippen LogP contribution in [0.2, 0.25) is 0 Å². The maximum absolute atomic E-state index is 11.5. The smallest absolute Gasteiger partial charge is 0.338 e. The zero-order valence-electron chi connectivity index (χ0n) is 12.5. The molecule has 0 aliphatic carbocycles. The van der Waals surface area contributed by atoms with Crippen molar-refractivity contribution in [2.45, 2.75) is 25.9 Å². The lowest BCUT2D eigenvalue weighted by Gasteiger charge is -2.19. The number of rotatable bonds is 7. The highest BCUT2D eigenvalue weighted by Crippen LogP contribution is 2.14. The molecule has 1 N–H and O–H groups in total. The van der Waals surface area contributed by atoms with E-state index in [-0.39, 0.29) is 12.6 Å². The Balaban J connectivity index is 1.76. The predicted octanol–water partition coefficient (Wildman–Crippen LogP) is 1.70. The SMILES string of the molecule is CCOC(=O)c1ccc(OC[C@H](O)CN2CCCC2)cc1. The molecular weight excluding hydrogens is 270 g/mol. The average Bonchev–Trinajstić information content (AvgIpc) is 2.99. The molecule has 0 unspecified atom stereocenters. The Hall–Kier alpha value is -1.59. The number of esters is 1. The molecule has 1 fully saturated rings. The number of hydrogen-bond acceptors (Lipinski definition) is 5. The number of hydrogen-bond donors (Lipinski definition) is 1. The minimum Gasteiger partial charge on any atom is -0.491 e. The molecule has 2 rings (SSSR count). The van der Waals surface area contributed by atoms with Crippen molar-refractivity contribution in [1.29, 1.82) is 0 Å². The van der Waals surface area contributed by atoms with Crippen LogP contribution in [-0.4, -0.2) is 54.9 Å². The standard InChI is InChI=1S/C16H23NO4/c1-2-20-16(19)13-5-7-15(8-6-13)21-12-14(18)11-17-9-3-4-10-17/h5-8,14,18H,2-4,9-12H2,1H3/t14-/m1/s1. The second-order valence-corrected chi connectivity index (χ2v) is 5.22. The van der Waals surface area contributed by atoms with Crippen molar-refractivity contribution in [1.82, 2.24) is 4.90 Å². The van der Waals surface area contributed by atoms with Gasteiger partial charge in [0.15, 0.2) is 0 Å². The normalized spacial score (nSPS) is 16.7. The van der Waals surface area contributed by atoms with E-state index in [0.717, 1.165) is 13.1 Å². The Bertz CT molecular complexity index is 440. The lowest BCUT2D eigenvalue weighted by molar-refractivity contribution is 0.0526. The third kappa shape index (κ3) is 5.02. The number of nitrogens with zero attached hydrogens (tertiary/aromatic N) is 1. The first-order chi connectivity index (χ1) is 10.2. The minimum atomic E-state index is -0.493. The molecule has 0 aromatic heterocycles. The van der Waals surface area contributed by atoms with E-state index in [4.69, 9.17) is 9.47 Å². The lowest BCUT2D eigenvalue weighted by Crippen LogP contribution is -2.33. The van der Waals surface area contributed by atoms with Crippen LogP contribution in [0.25, 0.3) is 0 Å². The van der Waals surface area contributed by atoms with Gasteiger partial charge in [-0.3, -0.25) is 0 Å². The van der Waals surface area contributed by atoms with Gasteiger partial charge in [0, 0.05) is 6.54 Å². The number of carbonyl (C=O) groups excluding carboxylic acids is 1. The maximum Gasteiger partial charge on any atom is 0.338 e. The number of β-amino-alcohol motifs (C(OH)–C–C–N with tert-alkyl or cyclic N) is 1. The van der Waals surface area contributed by atoms with Crippen molar-refractivity contribution in [3.63, 3.8) is 0 Å². The lowest BCUT2D eigenvalue weighted by atomic mass is 10.2. The van der Waals surface area contributed by atoms with E-state index in [1.807, 2.05) is 0 Å². The minimum absolute atomic E-state index is 0.259. The highest BCUT2D eigenvalue weighted by atomic mass is 16.5. The topological polar surface area (TPSA) is 59.0 Å². The maximum atomic E-state index is 11.5. The summed E-state index contributed by atoms with van der Waals surface area (Å²) in [6, 6.07) is 6.77. The molecule has 1 heterocycles. The molecule has 0 spiro atoms. The number of carbonyl (C=O) groups is 1. The number of likely N-dealkylation sites (tertiary alicyclic amines) is 1. The Labute approximate surface area is 125 Å². The zero-order chi connectivity index (χ0) is 15.1. The first-order valence-corrected chi connectivity index (χ1v) is 7.49. The summed E-state index contributed by atoms with van der Waals surface area (Å²) >= 11 is 0. The van der Waals surface area contributed by atoms with Gasteiger partial charge in [0.2, 0.25) is 0 Å². The monoisotopic (exact) mass is 293 g/mol. The molecule has 0 amide bonds. The van der Waals surface area contributed by atoms with Gasteiger partial charge in [-0.05, 0) is 57.1 Å². The predicted molar refractivity (Wildman–Crippen MR) is 79.6 cm³/mol. The summed E-state index contributed by atoms with van der Waals surface area (Å²) in [5, 5.41) is 9.94. The summed E-state index contributed by atoms with van der Waals surface area (Å²) in [5.41, 5.74) is 0.502. The molecule has 1 aliphatic heterocycles. The summed E-state index contributed by atoms with van der Waals surface area (Å²) in [5.74, 6) is 0.307. The van der Waals surface area contributed by atoms with Gasteiger partial charge in [-0.2, -0.15) is 0 Å². The zero-order valence-corrected chi connectivity index (χ0v) is 12.5. The van der Waals surface area contributed by atoms with Gasteiger partial charge in [0.1, 0.15) is 18.5 Å². The fourth-order valence-electron chi connectivity index (χ4n) is 2.41. The first kappa shape index (κ1) is 15.8. The van der Waals surface area contributed by atoms with Crippen LogP contribution in [0.5, 0.6) is 5.75 Å². The summed E-state index contributed by atoms with van der Waals surface area (Å²) in [6.07, 6.45) is 1.93. The summed E-state index contributed by atoms with van der Waals surface area (Å²) in [6.45, 7) is 5.17. The van der Waals surface area contributed by atoms with Crippen LogP contribution in [0.1, 0.15) is 30.1 Å².